The van der Waals surface area contributed by atoms with E-state index in [-0.39, 0.29) is 27.7 Å². The number of hydrogen-bond acceptors (Lipinski definition) is 9. The molecule has 4 heterocycles. The highest BCUT2D eigenvalue weighted by molar-refractivity contribution is 6.01. The van der Waals surface area contributed by atoms with Crippen LogP contribution in [0.3, 0.4) is 0 Å². The number of fused-ring (bicyclic) bond motifs is 4. The summed E-state index contributed by atoms with van der Waals surface area (Å²) in [5.74, 6) is 0.0575. The van der Waals surface area contributed by atoms with Crippen LogP contribution in [0.5, 0.6) is 5.88 Å². The van der Waals surface area contributed by atoms with E-state index in [1.165, 1.54) is 36.4 Å². The van der Waals surface area contributed by atoms with Crippen LogP contribution >= 0.6 is 0 Å². The number of pyridine rings is 1. The van der Waals surface area contributed by atoms with E-state index < -0.39 is 5.82 Å². The summed E-state index contributed by atoms with van der Waals surface area (Å²) in [6.45, 7) is 4.92. The van der Waals surface area contributed by atoms with E-state index >= 15 is 4.39 Å². The number of halogens is 1. The molecule has 4 N–H and O–H groups in total. The van der Waals surface area contributed by atoms with Gasteiger partial charge in [0.15, 0.2) is 5.82 Å². The molecular weight excluding hydrogens is 495 g/mol. The van der Waals surface area contributed by atoms with E-state index in [0.717, 1.165) is 18.8 Å². The van der Waals surface area contributed by atoms with Crippen molar-refractivity contribution in [2.24, 2.45) is 0 Å². The third-order valence-electron chi connectivity index (χ3n) is 8.15. The normalized spacial score (nSPS) is 17.1. The standard InChI is InChI=1S/C29H27FN8O/c1-15-19(11-34-27-25(15)33-7-8-39-27)22-18(10-31)26-20(24(32)23(22)30)12-35-28(37-26)36-17-3-4-21-16(9-17)13-38(2)14-29(21)5-6-29/h3-4,9,11-12,33H,5-8,13-14,32H2,1-2H3,(H,35,36,37). The Balaban J connectivity index is 1.32. The topological polar surface area (TPSA) is 125 Å². The van der Waals surface area contributed by atoms with Crippen LogP contribution in [0.2, 0.25) is 0 Å². The van der Waals surface area contributed by atoms with E-state index in [4.69, 9.17) is 10.5 Å². The summed E-state index contributed by atoms with van der Waals surface area (Å²) >= 11 is 0. The predicted octanol–water partition coefficient (Wildman–Crippen LogP) is 4.62. The molecule has 0 atom stereocenters. The van der Waals surface area contributed by atoms with Gasteiger partial charge in [0.25, 0.3) is 0 Å². The van der Waals surface area contributed by atoms with E-state index in [1.807, 2.05) is 13.0 Å². The Labute approximate surface area is 224 Å². The molecule has 1 aliphatic carbocycles. The maximum atomic E-state index is 15.8. The van der Waals surface area contributed by atoms with Gasteiger partial charge in [0.2, 0.25) is 11.8 Å². The molecule has 1 fully saturated rings. The van der Waals surface area contributed by atoms with Crippen molar-refractivity contribution in [3.8, 4) is 23.1 Å². The summed E-state index contributed by atoms with van der Waals surface area (Å²) in [5.41, 5.74) is 12.3. The first-order chi connectivity index (χ1) is 18.9. The van der Waals surface area contributed by atoms with Crippen molar-refractivity contribution in [3.05, 3.63) is 58.7 Å². The Bertz CT molecular complexity index is 1730. The molecular formula is C29H27FN8O. The van der Waals surface area contributed by atoms with Crippen molar-refractivity contribution in [1.29, 1.82) is 5.26 Å². The lowest BCUT2D eigenvalue weighted by molar-refractivity contribution is 0.271. The van der Waals surface area contributed by atoms with Crippen molar-refractivity contribution in [1.82, 2.24) is 19.9 Å². The molecule has 4 aromatic rings. The third kappa shape index (κ3) is 3.65. The number of hydrogen-bond donors (Lipinski definition) is 3. The second kappa shape index (κ2) is 8.51. The lowest BCUT2D eigenvalue weighted by Gasteiger charge is -2.32. The van der Waals surface area contributed by atoms with Gasteiger partial charge in [-0.2, -0.15) is 5.26 Å². The van der Waals surface area contributed by atoms with Gasteiger partial charge < -0.3 is 26.0 Å². The van der Waals surface area contributed by atoms with Crippen LogP contribution in [-0.4, -0.2) is 46.6 Å². The molecule has 0 saturated heterocycles. The number of nitriles is 1. The summed E-state index contributed by atoms with van der Waals surface area (Å²) in [6.07, 6.45) is 5.43. The van der Waals surface area contributed by atoms with E-state index in [2.05, 4.69) is 55.7 Å². The summed E-state index contributed by atoms with van der Waals surface area (Å²) < 4.78 is 21.4. The summed E-state index contributed by atoms with van der Waals surface area (Å²) in [6, 6.07) is 8.56. The molecule has 0 unspecified atom stereocenters. The van der Waals surface area contributed by atoms with Crippen LogP contribution in [0.15, 0.2) is 30.6 Å². The number of ether oxygens (including phenoxy) is 1. The minimum Gasteiger partial charge on any atom is -0.474 e. The second-order valence-electron chi connectivity index (χ2n) is 10.7. The largest absolute Gasteiger partial charge is 0.474 e. The van der Waals surface area contributed by atoms with Crippen molar-refractivity contribution < 1.29 is 9.13 Å². The van der Waals surface area contributed by atoms with E-state index in [1.54, 1.807) is 0 Å². The average molecular weight is 523 g/mol. The molecule has 9 nitrogen and oxygen atoms in total. The van der Waals surface area contributed by atoms with Gasteiger partial charge in [-0.25, -0.2) is 19.3 Å². The molecule has 0 radical (unpaired) electrons. The minimum atomic E-state index is -0.697. The molecule has 39 heavy (non-hydrogen) atoms. The third-order valence-corrected chi connectivity index (χ3v) is 8.15. The highest BCUT2D eigenvalue weighted by atomic mass is 19.1. The molecule has 2 aliphatic heterocycles. The van der Waals surface area contributed by atoms with Crippen LogP contribution in [-0.2, 0) is 12.0 Å². The Kier molecular flexibility index (Phi) is 5.15. The lowest BCUT2D eigenvalue weighted by Crippen LogP contribution is -2.35. The number of aromatic nitrogens is 3. The number of nitrogens with one attached hydrogen (secondary N) is 2. The number of nitrogens with two attached hydrogens (primary N) is 1. The lowest BCUT2D eigenvalue weighted by atomic mass is 9.87. The number of rotatable bonds is 3. The number of likely N-dealkylation sites (N-methyl/N-ethyl adjacent to an activating group) is 1. The van der Waals surface area contributed by atoms with Crippen molar-refractivity contribution in [3.63, 3.8) is 0 Å². The zero-order valence-corrected chi connectivity index (χ0v) is 21.7. The fourth-order valence-corrected chi connectivity index (χ4v) is 6.12. The molecule has 0 amide bonds. The number of benzene rings is 2. The molecule has 3 aliphatic rings. The summed E-state index contributed by atoms with van der Waals surface area (Å²) in [5, 5.41) is 17.0. The SMILES string of the molecule is Cc1c(-c2c(F)c(N)c3cnc(Nc4ccc5c(c4)CN(C)CC54CC4)nc3c2C#N)cnc2c1NCCO2. The minimum absolute atomic E-state index is 0.0684. The summed E-state index contributed by atoms with van der Waals surface area (Å²) in [4.78, 5) is 15.8. The first-order valence-electron chi connectivity index (χ1n) is 13.0. The fraction of sp³-hybridized carbons (Fsp3) is 0.310. The predicted molar refractivity (Wildman–Crippen MR) is 148 cm³/mol. The molecule has 7 rings (SSSR count). The molecule has 1 saturated carbocycles. The quantitative estimate of drug-likeness (QED) is 0.331. The van der Waals surface area contributed by atoms with Gasteiger partial charge >= 0.3 is 0 Å². The zero-order valence-electron chi connectivity index (χ0n) is 21.7. The Morgan fingerprint density at radius 2 is 2.10 bits per heavy atom. The number of nitrogens with zero attached hydrogens (tertiary/aromatic N) is 5. The van der Waals surface area contributed by atoms with Crippen LogP contribution in [0.25, 0.3) is 22.0 Å². The molecule has 2 aromatic carbocycles. The second-order valence-corrected chi connectivity index (χ2v) is 10.7. The Morgan fingerprint density at radius 1 is 1.26 bits per heavy atom. The Morgan fingerprint density at radius 3 is 2.90 bits per heavy atom. The van der Waals surface area contributed by atoms with Crippen LogP contribution < -0.4 is 21.1 Å². The molecule has 0 bridgehead atoms. The first kappa shape index (κ1) is 23.6. The van der Waals surface area contributed by atoms with Gasteiger partial charge in [-0.1, -0.05) is 6.07 Å². The maximum Gasteiger partial charge on any atom is 0.237 e. The molecule has 10 heteroatoms. The van der Waals surface area contributed by atoms with Gasteiger partial charge in [0.1, 0.15) is 18.4 Å². The van der Waals surface area contributed by atoms with Crippen LogP contribution in [0, 0.1) is 24.1 Å². The molecule has 2 aromatic heterocycles. The number of nitrogen functional groups attached to an aromatic ring is 1. The van der Waals surface area contributed by atoms with Crippen LogP contribution in [0.4, 0.5) is 27.4 Å². The smallest absolute Gasteiger partial charge is 0.237 e. The average Bonchev–Trinajstić information content (AvgIpc) is 3.70. The van der Waals surface area contributed by atoms with Crippen LogP contribution in [0.1, 0.15) is 35.1 Å². The molecule has 1 spiro atoms. The van der Waals surface area contributed by atoms with Gasteiger partial charge in [-0.05, 0) is 55.6 Å². The van der Waals surface area contributed by atoms with E-state index in [0.29, 0.717) is 47.2 Å². The highest BCUT2D eigenvalue weighted by Gasteiger charge is 2.48. The molecule has 196 valence electrons. The fourth-order valence-electron chi connectivity index (χ4n) is 6.12. The van der Waals surface area contributed by atoms with Gasteiger partial charge in [0, 0.05) is 59.6 Å². The van der Waals surface area contributed by atoms with Gasteiger partial charge in [-0.3, -0.25) is 0 Å². The highest BCUT2D eigenvalue weighted by Crippen LogP contribution is 2.52. The first-order valence-corrected chi connectivity index (χ1v) is 13.0. The zero-order chi connectivity index (χ0) is 26.9. The van der Waals surface area contributed by atoms with Crippen molar-refractivity contribution in [2.45, 2.75) is 31.7 Å². The monoisotopic (exact) mass is 522 g/mol. The van der Waals surface area contributed by atoms with Crippen molar-refractivity contribution in [2.75, 3.05) is 43.1 Å². The summed E-state index contributed by atoms with van der Waals surface area (Å²) in [7, 11) is 2.16. The number of anilines is 4. The van der Waals surface area contributed by atoms with Gasteiger partial charge in [0.05, 0.1) is 16.8 Å². The van der Waals surface area contributed by atoms with Crippen molar-refractivity contribution >= 4 is 33.9 Å². The van der Waals surface area contributed by atoms with E-state index in [9.17, 15) is 5.26 Å². The Hall–Kier alpha value is -4.49. The van der Waals surface area contributed by atoms with Gasteiger partial charge in [-0.15, -0.1) is 0 Å². The maximum absolute atomic E-state index is 15.8.